The zero-order chi connectivity index (χ0) is 27.8. The summed E-state index contributed by atoms with van der Waals surface area (Å²) >= 11 is 1.32. The highest BCUT2D eigenvalue weighted by Gasteiger charge is 2.24. The molecule has 0 saturated heterocycles. The van der Waals surface area contributed by atoms with Crippen molar-refractivity contribution in [3.05, 3.63) is 71.3 Å². The monoisotopic (exact) mass is 543 g/mol. The van der Waals surface area contributed by atoms with E-state index in [4.69, 9.17) is 18.9 Å². The first kappa shape index (κ1) is 27.3. The van der Waals surface area contributed by atoms with Gasteiger partial charge in [0, 0.05) is 18.9 Å². The van der Waals surface area contributed by atoms with E-state index in [0.717, 1.165) is 0 Å². The number of nitriles is 2. The van der Waals surface area contributed by atoms with Crippen LogP contribution in [0.5, 0.6) is 17.4 Å². The smallest absolute Gasteiger partial charge is 0.239 e. The molecule has 0 aliphatic rings. The summed E-state index contributed by atoms with van der Waals surface area (Å²) in [6.45, 7) is 0. The molecule has 39 heavy (non-hydrogen) atoms. The minimum Gasteiger partial charge on any atom is -0.494 e. The fourth-order valence-electron chi connectivity index (χ4n) is 3.90. The number of ether oxygens (including phenoxy) is 4. The van der Waals surface area contributed by atoms with Crippen LogP contribution in [0.25, 0.3) is 17.2 Å². The molecule has 2 heterocycles. The highest BCUT2D eigenvalue weighted by atomic mass is 32.2. The summed E-state index contributed by atoms with van der Waals surface area (Å²) < 4.78 is 27.3. The SMILES string of the molecule is COc1cccc(-c2nnc(NSCC(OC)c3ccc(C#N)cc3C#N)n2-c2c(OC)cccc2OC)n1. The van der Waals surface area contributed by atoms with Crippen LogP contribution >= 0.6 is 11.9 Å². The van der Waals surface area contributed by atoms with Gasteiger partial charge in [0.05, 0.1) is 50.7 Å². The zero-order valence-electron chi connectivity index (χ0n) is 21.7. The average molecular weight is 544 g/mol. The van der Waals surface area contributed by atoms with Gasteiger partial charge in [0.2, 0.25) is 11.8 Å². The summed E-state index contributed by atoms with van der Waals surface area (Å²) in [5.74, 6) is 2.74. The third-order valence-corrected chi connectivity index (χ3v) is 6.58. The summed E-state index contributed by atoms with van der Waals surface area (Å²) in [5.41, 5.74) is 2.59. The van der Waals surface area contributed by atoms with Crippen molar-refractivity contribution in [3.8, 4) is 46.7 Å². The van der Waals surface area contributed by atoms with Gasteiger partial charge in [0.15, 0.2) is 5.82 Å². The van der Waals surface area contributed by atoms with Crippen molar-refractivity contribution in [1.82, 2.24) is 19.7 Å². The number of benzene rings is 2. The van der Waals surface area contributed by atoms with Gasteiger partial charge in [-0.3, -0.25) is 9.29 Å². The predicted octanol–water partition coefficient (Wildman–Crippen LogP) is 4.55. The number of hydrogen-bond acceptors (Lipinski definition) is 11. The molecule has 0 bridgehead atoms. The van der Waals surface area contributed by atoms with Crippen LogP contribution < -0.4 is 18.9 Å². The van der Waals surface area contributed by atoms with Crippen molar-refractivity contribution in [2.45, 2.75) is 6.10 Å². The van der Waals surface area contributed by atoms with Crippen molar-refractivity contribution in [3.63, 3.8) is 0 Å². The minimum absolute atomic E-state index is 0.384. The quantitative estimate of drug-likeness (QED) is 0.266. The molecule has 12 heteroatoms. The predicted molar refractivity (Wildman–Crippen MR) is 146 cm³/mol. The molecule has 0 amide bonds. The maximum atomic E-state index is 9.60. The third kappa shape index (κ3) is 5.72. The van der Waals surface area contributed by atoms with E-state index in [0.29, 0.717) is 63.0 Å². The first-order chi connectivity index (χ1) is 19.1. The standard InChI is InChI=1S/C27H25N7O4S/c1-35-21-8-6-9-22(36-2)25(21)34-26(20-7-5-10-24(30-20)38-4)31-32-27(34)33-39-16-23(37-3)19-12-11-17(14-28)13-18(19)15-29/h5-13,23H,16H2,1-4H3,(H,32,33). The van der Waals surface area contributed by atoms with E-state index >= 15 is 0 Å². The van der Waals surface area contributed by atoms with Gasteiger partial charge in [0.25, 0.3) is 0 Å². The van der Waals surface area contributed by atoms with Crippen LogP contribution in [0.15, 0.2) is 54.6 Å². The van der Waals surface area contributed by atoms with Gasteiger partial charge in [-0.05, 0) is 47.8 Å². The Kier molecular flexibility index (Phi) is 8.84. The lowest BCUT2D eigenvalue weighted by atomic mass is 10.0. The fourth-order valence-corrected chi connectivity index (χ4v) is 4.71. The Bertz CT molecular complexity index is 1520. The van der Waals surface area contributed by atoms with Crippen LogP contribution in [-0.2, 0) is 4.74 Å². The van der Waals surface area contributed by atoms with Gasteiger partial charge >= 0.3 is 0 Å². The minimum atomic E-state index is -0.429. The van der Waals surface area contributed by atoms with Crippen molar-refractivity contribution >= 4 is 17.9 Å². The van der Waals surface area contributed by atoms with E-state index in [1.165, 1.54) is 11.9 Å². The molecule has 0 saturated carbocycles. The molecule has 4 aromatic rings. The van der Waals surface area contributed by atoms with Crippen LogP contribution in [0.4, 0.5) is 5.95 Å². The average Bonchev–Trinajstić information content (AvgIpc) is 3.41. The maximum Gasteiger partial charge on any atom is 0.239 e. The largest absolute Gasteiger partial charge is 0.494 e. The molecule has 0 aliphatic heterocycles. The van der Waals surface area contributed by atoms with Crippen LogP contribution in [0, 0.1) is 22.7 Å². The summed E-state index contributed by atoms with van der Waals surface area (Å²) in [4.78, 5) is 4.53. The van der Waals surface area contributed by atoms with E-state index < -0.39 is 6.10 Å². The molecule has 11 nitrogen and oxygen atoms in total. The molecule has 1 N–H and O–H groups in total. The van der Waals surface area contributed by atoms with Crippen LogP contribution in [0.3, 0.4) is 0 Å². The molecule has 4 rings (SSSR count). The molecule has 0 aliphatic carbocycles. The lowest BCUT2D eigenvalue weighted by molar-refractivity contribution is 0.123. The molecule has 2 aromatic carbocycles. The third-order valence-electron chi connectivity index (χ3n) is 5.78. The van der Waals surface area contributed by atoms with E-state index in [2.05, 4.69) is 32.0 Å². The summed E-state index contributed by atoms with van der Waals surface area (Å²) in [7, 11) is 6.25. The van der Waals surface area contributed by atoms with E-state index in [9.17, 15) is 10.5 Å². The normalized spacial score (nSPS) is 11.2. The number of pyridine rings is 1. The van der Waals surface area contributed by atoms with Gasteiger partial charge < -0.3 is 18.9 Å². The fraction of sp³-hybridized carbons (Fsp3) is 0.222. The highest BCUT2D eigenvalue weighted by Crippen LogP contribution is 2.38. The molecule has 2 aromatic heterocycles. The molecule has 198 valence electrons. The van der Waals surface area contributed by atoms with Crippen molar-refractivity contribution < 1.29 is 18.9 Å². The first-order valence-electron chi connectivity index (χ1n) is 11.6. The van der Waals surface area contributed by atoms with E-state index in [1.54, 1.807) is 63.3 Å². The van der Waals surface area contributed by atoms with Crippen molar-refractivity contribution in [2.75, 3.05) is 38.9 Å². The topological polar surface area (TPSA) is 140 Å². The Morgan fingerprint density at radius 3 is 2.31 bits per heavy atom. The van der Waals surface area contributed by atoms with E-state index in [1.807, 2.05) is 24.3 Å². The molecule has 0 fully saturated rings. The van der Waals surface area contributed by atoms with Crippen LogP contribution in [0.1, 0.15) is 22.8 Å². The first-order valence-corrected chi connectivity index (χ1v) is 12.6. The Morgan fingerprint density at radius 1 is 0.923 bits per heavy atom. The molecule has 1 unspecified atom stereocenters. The second-order valence-corrected chi connectivity index (χ2v) is 8.75. The number of nitrogens with zero attached hydrogens (tertiary/aromatic N) is 6. The molecular formula is C27H25N7O4S. The lowest BCUT2D eigenvalue weighted by Crippen LogP contribution is -2.10. The zero-order valence-corrected chi connectivity index (χ0v) is 22.5. The van der Waals surface area contributed by atoms with Crippen LogP contribution in [-0.4, -0.2) is 53.9 Å². The van der Waals surface area contributed by atoms with E-state index in [-0.39, 0.29) is 0 Å². The Labute approximate surface area is 230 Å². The summed E-state index contributed by atoms with van der Waals surface area (Å²) in [6.07, 6.45) is -0.429. The lowest BCUT2D eigenvalue weighted by Gasteiger charge is -2.19. The summed E-state index contributed by atoms with van der Waals surface area (Å²) in [5, 5.41) is 27.6. The van der Waals surface area contributed by atoms with Gasteiger partial charge in [0.1, 0.15) is 22.9 Å². The van der Waals surface area contributed by atoms with Crippen molar-refractivity contribution in [2.24, 2.45) is 0 Å². The second kappa shape index (κ2) is 12.6. The Balaban J connectivity index is 1.71. The number of methoxy groups -OCH3 is 4. The second-order valence-electron chi connectivity index (χ2n) is 7.92. The highest BCUT2D eigenvalue weighted by molar-refractivity contribution is 8.00. The number of nitrogens with one attached hydrogen (secondary N) is 1. The van der Waals surface area contributed by atoms with Gasteiger partial charge in [-0.1, -0.05) is 18.2 Å². The van der Waals surface area contributed by atoms with Crippen LogP contribution in [0.2, 0.25) is 0 Å². The summed E-state index contributed by atoms with van der Waals surface area (Å²) in [6, 6.07) is 20.0. The Morgan fingerprint density at radius 2 is 1.67 bits per heavy atom. The molecule has 0 radical (unpaired) electrons. The molecule has 0 spiro atoms. The number of aromatic nitrogens is 4. The number of rotatable bonds is 11. The van der Waals surface area contributed by atoms with Gasteiger partial charge in [-0.15, -0.1) is 10.2 Å². The van der Waals surface area contributed by atoms with Crippen molar-refractivity contribution in [1.29, 1.82) is 10.5 Å². The molecular weight excluding hydrogens is 518 g/mol. The number of hydrogen-bond donors (Lipinski definition) is 1. The Hall–Kier alpha value is -4.78. The number of anilines is 1. The van der Waals surface area contributed by atoms with Gasteiger partial charge in [-0.2, -0.15) is 10.5 Å². The number of para-hydroxylation sites is 1. The molecule has 1 atom stereocenters. The maximum absolute atomic E-state index is 9.60. The van der Waals surface area contributed by atoms with Gasteiger partial charge in [-0.25, -0.2) is 4.98 Å².